The third-order valence-electron chi connectivity index (χ3n) is 3.23. The number of hydrogen-bond acceptors (Lipinski definition) is 2. The minimum absolute atomic E-state index is 0.0259. The minimum Gasteiger partial charge on any atom is -0.309 e. The molecule has 0 radical (unpaired) electrons. The number of benzene rings is 1. The highest BCUT2D eigenvalue weighted by molar-refractivity contribution is 9.10. The van der Waals surface area contributed by atoms with Crippen molar-refractivity contribution < 1.29 is 8.78 Å². The molecule has 0 aliphatic rings. The van der Waals surface area contributed by atoms with Crippen molar-refractivity contribution in [1.29, 1.82) is 0 Å². The molecule has 0 aliphatic carbocycles. The van der Waals surface area contributed by atoms with Crippen molar-refractivity contribution >= 4 is 27.3 Å². The van der Waals surface area contributed by atoms with Crippen LogP contribution in [0.25, 0.3) is 0 Å². The molecule has 5 heteroatoms. The van der Waals surface area contributed by atoms with Gasteiger partial charge in [0.25, 0.3) is 0 Å². The Bertz CT molecular complexity index is 612. The summed E-state index contributed by atoms with van der Waals surface area (Å²) in [5.41, 5.74) is 0.531. The van der Waals surface area contributed by atoms with Crippen LogP contribution < -0.4 is 5.32 Å². The SMILES string of the molecule is CCCNC(Cc1ccc(F)cc1F)c1sc(C)cc1Br. The minimum atomic E-state index is -0.539. The van der Waals surface area contributed by atoms with Gasteiger partial charge >= 0.3 is 0 Å². The van der Waals surface area contributed by atoms with Gasteiger partial charge in [-0.05, 0) is 59.9 Å². The molecule has 1 aromatic heterocycles. The molecule has 1 N–H and O–H groups in total. The maximum atomic E-state index is 13.9. The number of aryl methyl sites for hydroxylation is 1. The van der Waals surface area contributed by atoms with Crippen LogP contribution in [0, 0.1) is 18.6 Å². The lowest BCUT2D eigenvalue weighted by molar-refractivity contribution is 0.513. The van der Waals surface area contributed by atoms with Crippen molar-refractivity contribution in [3.05, 3.63) is 55.7 Å². The van der Waals surface area contributed by atoms with Crippen LogP contribution in [0.3, 0.4) is 0 Å². The second-order valence-electron chi connectivity index (χ2n) is 5.02. The van der Waals surface area contributed by atoms with Gasteiger partial charge in [0.1, 0.15) is 11.6 Å². The molecule has 0 aliphatic heterocycles. The van der Waals surface area contributed by atoms with E-state index in [0.29, 0.717) is 12.0 Å². The largest absolute Gasteiger partial charge is 0.309 e. The Morgan fingerprint density at radius 2 is 2.05 bits per heavy atom. The average Bonchev–Trinajstić information content (AvgIpc) is 2.76. The number of nitrogens with one attached hydrogen (secondary N) is 1. The predicted molar refractivity (Wildman–Crippen MR) is 87.9 cm³/mol. The normalized spacial score (nSPS) is 12.6. The summed E-state index contributed by atoms with van der Waals surface area (Å²) in [6.45, 7) is 5.00. The van der Waals surface area contributed by atoms with Crippen LogP contribution in [-0.4, -0.2) is 6.54 Å². The molecule has 21 heavy (non-hydrogen) atoms. The van der Waals surface area contributed by atoms with Gasteiger partial charge in [-0.3, -0.25) is 0 Å². The lowest BCUT2D eigenvalue weighted by Gasteiger charge is -2.18. The molecule has 0 bridgehead atoms. The lowest BCUT2D eigenvalue weighted by atomic mass is 10.0. The molecule has 1 atom stereocenters. The van der Waals surface area contributed by atoms with Gasteiger partial charge in [0, 0.05) is 26.3 Å². The highest BCUT2D eigenvalue weighted by Gasteiger charge is 2.19. The van der Waals surface area contributed by atoms with E-state index in [1.165, 1.54) is 17.0 Å². The van der Waals surface area contributed by atoms with Gasteiger partial charge in [0.15, 0.2) is 0 Å². The third kappa shape index (κ3) is 4.34. The summed E-state index contributed by atoms with van der Waals surface area (Å²) in [5.74, 6) is -1.02. The standard InChI is InChI=1S/C16H18BrF2NS/c1-3-6-20-15(16-13(17)7-10(2)21-16)8-11-4-5-12(18)9-14(11)19/h4-5,7,9,15,20H,3,6,8H2,1-2H3. The van der Waals surface area contributed by atoms with E-state index in [4.69, 9.17) is 0 Å². The fourth-order valence-corrected chi connectivity index (χ4v) is 4.23. The third-order valence-corrected chi connectivity index (χ3v) is 5.32. The molecule has 0 saturated heterocycles. The van der Waals surface area contributed by atoms with E-state index in [-0.39, 0.29) is 6.04 Å². The second kappa shape index (κ2) is 7.47. The molecule has 1 heterocycles. The Kier molecular flexibility index (Phi) is 5.90. The van der Waals surface area contributed by atoms with Gasteiger partial charge in [-0.1, -0.05) is 13.0 Å². The summed E-state index contributed by atoms with van der Waals surface area (Å²) in [6, 6.07) is 5.88. The van der Waals surface area contributed by atoms with Crippen molar-refractivity contribution in [2.45, 2.75) is 32.7 Å². The van der Waals surface area contributed by atoms with Crippen molar-refractivity contribution in [2.24, 2.45) is 0 Å². The van der Waals surface area contributed by atoms with Crippen LogP contribution in [0.2, 0.25) is 0 Å². The first-order chi connectivity index (χ1) is 10.0. The monoisotopic (exact) mass is 373 g/mol. The fourth-order valence-electron chi connectivity index (χ4n) is 2.22. The Balaban J connectivity index is 2.26. The Labute approximate surface area is 136 Å². The number of rotatable bonds is 6. The zero-order chi connectivity index (χ0) is 15.4. The maximum Gasteiger partial charge on any atom is 0.129 e. The fraction of sp³-hybridized carbons (Fsp3) is 0.375. The van der Waals surface area contributed by atoms with Crippen LogP contribution in [0.15, 0.2) is 28.7 Å². The molecule has 0 saturated carbocycles. The van der Waals surface area contributed by atoms with E-state index in [1.54, 1.807) is 11.3 Å². The lowest BCUT2D eigenvalue weighted by Crippen LogP contribution is -2.24. The van der Waals surface area contributed by atoms with Crippen molar-refractivity contribution in [3.63, 3.8) is 0 Å². The maximum absolute atomic E-state index is 13.9. The summed E-state index contributed by atoms with van der Waals surface area (Å²) < 4.78 is 27.9. The van der Waals surface area contributed by atoms with Crippen molar-refractivity contribution in [1.82, 2.24) is 5.32 Å². The van der Waals surface area contributed by atoms with Crippen molar-refractivity contribution in [3.8, 4) is 0 Å². The zero-order valence-corrected chi connectivity index (χ0v) is 14.5. The Hall–Kier alpha value is -0.780. The van der Waals surface area contributed by atoms with Crippen LogP contribution in [0.4, 0.5) is 8.78 Å². The quantitative estimate of drug-likeness (QED) is 0.716. The molecule has 114 valence electrons. The van der Waals surface area contributed by atoms with Gasteiger partial charge in [0.05, 0.1) is 0 Å². The van der Waals surface area contributed by atoms with Crippen molar-refractivity contribution in [2.75, 3.05) is 6.54 Å². The smallest absolute Gasteiger partial charge is 0.129 e. The topological polar surface area (TPSA) is 12.0 Å². The van der Waals surface area contributed by atoms with Crippen LogP contribution >= 0.6 is 27.3 Å². The molecule has 1 nitrogen and oxygen atoms in total. The number of halogens is 3. The van der Waals surface area contributed by atoms with Gasteiger partial charge in [0.2, 0.25) is 0 Å². The predicted octanol–water partition coefficient (Wildman–Crippen LogP) is 5.38. The van der Waals surface area contributed by atoms with Crippen LogP contribution in [0.5, 0.6) is 0 Å². The van der Waals surface area contributed by atoms with Crippen LogP contribution in [0.1, 0.15) is 34.7 Å². The average molecular weight is 374 g/mol. The van der Waals surface area contributed by atoms with E-state index in [0.717, 1.165) is 28.4 Å². The Morgan fingerprint density at radius 1 is 1.29 bits per heavy atom. The highest BCUT2D eigenvalue weighted by Crippen LogP contribution is 2.34. The first kappa shape index (κ1) is 16.6. The van der Waals surface area contributed by atoms with Gasteiger partial charge < -0.3 is 5.32 Å². The molecule has 2 aromatic rings. The van der Waals surface area contributed by atoms with E-state index >= 15 is 0 Å². The molecule has 0 amide bonds. The molecule has 0 fully saturated rings. The summed E-state index contributed by atoms with van der Waals surface area (Å²) in [4.78, 5) is 2.37. The second-order valence-corrected chi connectivity index (χ2v) is 7.16. The van der Waals surface area contributed by atoms with E-state index in [2.05, 4.69) is 34.2 Å². The Morgan fingerprint density at radius 3 is 2.62 bits per heavy atom. The molecule has 0 spiro atoms. The van der Waals surface area contributed by atoms with Crippen LogP contribution in [-0.2, 0) is 6.42 Å². The van der Waals surface area contributed by atoms with Gasteiger partial charge in [-0.15, -0.1) is 11.3 Å². The summed E-state index contributed by atoms with van der Waals surface area (Å²) >= 11 is 5.27. The molecular formula is C16H18BrF2NS. The molecule has 1 unspecified atom stereocenters. The first-order valence-electron chi connectivity index (χ1n) is 6.94. The van der Waals surface area contributed by atoms with Gasteiger partial charge in [-0.2, -0.15) is 0 Å². The van der Waals surface area contributed by atoms with E-state index in [1.807, 2.05) is 6.92 Å². The summed E-state index contributed by atoms with van der Waals surface area (Å²) in [6.07, 6.45) is 1.51. The summed E-state index contributed by atoms with van der Waals surface area (Å²) in [7, 11) is 0. The molecule has 1 aromatic carbocycles. The molecular weight excluding hydrogens is 356 g/mol. The van der Waals surface area contributed by atoms with E-state index < -0.39 is 11.6 Å². The number of hydrogen-bond donors (Lipinski definition) is 1. The zero-order valence-electron chi connectivity index (χ0n) is 12.1. The molecule has 2 rings (SSSR count). The van der Waals surface area contributed by atoms with Gasteiger partial charge in [-0.25, -0.2) is 8.78 Å². The number of thiophene rings is 1. The highest BCUT2D eigenvalue weighted by atomic mass is 79.9. The first-order valence-corrected chi connectivity index (χ1v) is 8.55. The summed E-state index contributed by atoms with van der Waals surface area (Å²) in [5, 5.41) is 3.45. The van der Waals surface area contributed by atoms with E-state index in [9.17, 15) is 8.78 Å².